The van der Waals surface area contributed by atoms with Crippen molar-refractivity contribution in [3.63, 3.8) is 0 Å². The van der Waals surface area contributed by atoms with Gasteiger partial charge in [-0.05, 0) is 47.0 Å². The van der Waals surface area contributed by atoms with Gasteiger partial charge in [-0.15, -0.1) is 11.8 Å². The van der Waals surface area contributed by atoms with Gasteiger partial charge in [-0.2, -0.15) is 0 Å². The van der Waals surface area contributed by atoms with Crippen LogP contribution in [-0.4, -0.2) is 29.5 Å². The van der Waals surface area contributed by atoms with Gasteiger partial charge >= 0.3 is 5.97 Å². The van der Waals surface area contributed by atoms with Crippen LogP contribution in [0.4, 0.5) is 0 Å². The average Bonchev–Trinajstić information content (AvgIpc) is 2.78. The van der Waals surface area contributed by atoms with Crippen LogP contribution in [0.1, 0.15) is 23.2 Å². The lowest BCUT2D eigenvalue weighted by Gasteiger charge is -2.09. The number of rotatable bonds is 4. The van der Waals surface area contributed by atoms with Gasteiger partial charge in [-0.3, -0.25) is 0 Å². The molecule has 1 aliphatic rings. The monoisotopic (exact) mass is 316 g/mol. The molecule has 1 aromatic carbocycles. The maximum Gasteiger partial charge on any atom is 0.336 e. The molecule has 0 radical (unpaired) electrons. The van der Waals surface area contributed by atoms with Crippen LogP contribution in [0.3, 0.4) is 0 Å². The van der Waals surface area contributed by atoms with Crippen molar-refractivity contribution in [3.05, 3.63) is 28.2 Å². The van der Waals surface area contributed by atoms with E-state index in [1.54, 1.807) is 17.8 Å². The van der Waals surface area contributed by atoms with E-state index >= 15 is 0 Å². The zero-order valence-corrected chi connectivity index (χ0v) is 11.6. The molecule has 0 saturated carbocycles. The van der Waals surface area contributed by atoms with Crippen molar-refractivity contribution in [3.8, 4) is 0 Å². The first-order chi connectivity index (χ1) is 8.16. The summed E-state index contributed by atoms with van der Waals surface area (Å²) in [7, 11) is 0. The molecular weight excluding hydrogens is 304 g/mol. The zero-order chi connectivity index (χ0) is 12.3. The predicted molar refractivity (Wildman–Crippen MR) is 70.8 cm³/mol. The molecule has 0 bridgehead atoms. The number of carbonyl (C=O) groups is 1. The standard InChI is InChI=1S/C12H13BrO3S/c13-11-6-9(3-4-10(11)12(14)15)17-7-8-2-1-5-16-8/h3-4,6,8H,1-2,5,7H2,(H,14,15). The SMILES string of the molecule is O=C(O)c1ccc(SCC2CCCO2)cc1Br. The Labute approximate surface area is 113 Å². The molecule has 17 heavy (non-hydrogen) atoms. The lowest BCUT2D eigenvalue weighted by molar-refractivity contribution is 0.0696. The third-order valence-corrected chi connectivity index (χ3v) is 4.41. The van der Waals surface area contributed by atoms with E-state index in [0.717, 1.165) is 30.1 Å². The Kier molecular flexibility index (Phi) is 4.48. The smallest absolute Gasteiger partial charge is 0.336 e. The van der Waals surface area contributed by atoms with Gasteiger partial charge in [0.2, 0.25) is 0 Å². The van der Waals surface area contributed by atoms with Gasteiger partial charge in [0.1, 0.15) is 0 Å². The van der Waals surface area contributed by atoms with Crippen molar-refractivity contribution in [2.45, 2.75) is 23.8 Å². The summed E-state index contributed by atoms with van der Waals surface area (Å²) >= 11 is 4.98. The second-order valence-electron chi connectivity index (χ2n) is 3.89. The van der Waals surface area contributed by atoms with Crippen LogP contribution in [0.25, 0.3) is 0 Å². The third kappa shape index (κ3) is 3.47. The quantitative estimate of drug-likeness (QED) is 0.865. The van der Waals surface area contributed by atoms with E-state index in [1.165, 1.54) is 0 Å². The van der Waals surface area contributed by atoms with Crippen molar-refractivity contribution in [1.29, 1.82) is 0 Å². The van der Waals surface area contributed by atoms with Gasteiger partial charge in [0, 0.05) is 21.7 Å². The van der Waals surface area contributed by atoms with Crippen LogP contribution in [0, 0.1) is 0 Å². The molecular formula is C12H13BrO3S. The third-order valence-electron chi connectivity index (χ3n) is 2.63. The van der Waals surface area contributed by atoms with E-state index in [1.807, 2.05) is 12.1 Å². The lowest BCUT2D eigenvalue weighted by atomic mass is 10.2. The lowest BCUT2D eigenvalue weighted by Crippen LogP contribution is -2.07. The van der Waals surface area contributed by atoms with Gasteiger partial charge in [-0.1, -0.05) is 0 Å². The first-order valence-corrected chi connectivity index (χ1v) is 7.22. The summed E-state index contributed by atoms with van der Waals surface area (Å²) < 4.78 is 6.17. The number of hydrogen-bond acceptors (Lipinski definition) is 3. The summed E-state index contributed by atoms with van der Waals surface area (Å²) in [6, 6.07) is 5.32. The Hall–Kier alpha value is -0.520. The minimum Gasteiger partial charge on any atom is -0.478 e. The van der Waals surface area contributed by atoms with Crippen LogP contribution in [0.15, 0.2) is 27.6 Å². The highest BCUT2D eigenvalue weighted by Gasteiger charge is 2.16. The van der Waals surface area contributed by atoms with E-state index < -0.39 is 5.97 Å². The Balaban J connectivity index is 1.97. The van der Waals surface area contributed by atoms with Crippen LogP contribution in [-0.2, 0) is 4.74 Å². The zero-order valence-electron chi connectivity index (χ0n) is 9.19. The molecule has 2 rings (SSSR count). The number of aromatic carboxylic acids is 1. The number of thioether (sulfide) groups is 1. The fraction of sp³-hybridized carbons (Fsp3) is 0.417. The summed E-state index contributed by atoms with van der Waals surface area (Å²) in [5.74, 6) is 0.0197. The molecule has 92 valence electrons. The number of hydrogen-bond donors (Lipinski definition) is 1. The fourth-order valence-electron chi connectivity index (χ4n) is 1.72. The molecule has 1 atom stereocenters. The van der Waals surface area contributed by atoms with Crippen molar-refractivity contribution in [2.75, 3.05) is 12.4 Å². The van der Waals surface area contributed by atoms with Crippen molar-refractivity contribution in [2.24, 2.45) is 0 Å². The van der Waals surface area contributed by atoms with Gasteiger partial charge in [0.15, 0.2) is 0 Å². The van der Waals surface area contributed by atoms with Gasteiger partial charge < -0.3 is 9.84 Å². The molecule has 3 nitrogen and oxygen atoms in total. The molecule has 1 heterocycles. The first-order valence-electron chi connectivity index (χ1n) is 5.44. The number of benzene rings is 1. The highest BCUT2D eigenvalue weighted by molar-refractivity contribution is 9.10. The minimum atomic E-state index is -0.910. The molecule has 0 aromatic heterocycles. The predicted octanol–water partition coefficient (Wildman–Crippen LogP) is 3.42. The van der Waals surface area contributed by atoms with Crippen LogP contribution < -0.4 is 0 Å². The van der Waals surface area contributed by atoms with E-state index in [2.05, 4.69) is 15.9 Å². The van der Waals surface area contributed by atoms with Crippen LogP contribution in [0.5, 0.6) is 0 Å². The molecule has 1 N–H and O–H groups in total. The summed E-state index contributed by atoms with van der Waals surface area (Å²) in [5.41, 5.74) is 0.298. The normalized spacial score (nSPS) is 19.5. The summed E-state index contributed by atoms with van der Waals surface area (Å²) in [6.07, 6.45) is 2.62. The molecule has 1 unspecified atom stereocenters. The average molecular weight is 317 g/mol. The van der Waals surface area contributed by atoms with Crippen molar-refractivity contribution in [1.82, 2.24) is 0 Å². The van der Waals surface area contributed by atoms with E-state index in [0.29, 0.717) is 16.1 Å². The van der Waals surface area contributed by atoms with Crippen molar-refractivity contribution < 1.29 is 14.6 Å². The summed E-state index contributed by atoms with van der Waals surface area (Å²) in [5, 5.41) is 8.90. The summed E-state index contributed by atoms with van der Waals surface area (Å²) in [4.78, 5) is 11.9. The van der Waals surface area contributed by atoms with Crippen LogP contribution >= 0.6 is 27.7 Å². The Bertz CT molecular complexity index is 416. The highest BCUT2D eigenvalue weighted by atomic mass is 79.9. The number of halogens is 1. The highest BCUT2D eigenvalue weighted by Crippen LogP contribution is 2.28. The van der Waals surface area contributed by atoms with Crippen LogP contribution in [0.2, 0.25) is 0 Å². The topological polar surface area (TPSA) is 46.5 Å². The second-order valence-corrected chi connectivity index (χ2v) is 5.84. The first kappa shape index (κ1) is 12.9. The van der Waals surface area contributed by atoms with Crippen molar-refractivity contribution >= 4 is 33.7 Å². The number of ether oxygens (including phenoxy) is 1. The van der Waals surface area contributed by atoms with Gasteiger partial charge in [0.25, 0.3) is 0 Å². The molecule has 1 fully saturated rings. The van der Waals surface area contributed by atoms with Gasteiger partial charge in [-0.25, -0.2) is 4.79 Å². The minimum absolute atomic E-state index is 0.298. The second kappa shape index (κ2) is 5.89. The molecule has 1 aromatic rings. The number of carboxylic acid groups (broad SMARTS) is 1. The molecule has 0 amide bonds. The molecule has 5 heteroatoms. The Morgan fingerprint density at radius 1 is 1.59 bits per heavy atom. The Morgan fingerprint density at radius 3 is 3.00 bits per heavy atom. The molecule has 1 saturated heterocycles. The molecule has 0 aliphatic carbocycles. The van der Waals surface area contributed by atoms with Gasteiger partial charge in [0.05, 0.1) is 11.7 Å². The Morgan fingerprint density at radius 2 is 2.41 bits per heavy atom. The largest absolute Gasteiger partial charge is 0.478 e. The summed E-state index contributed by atoms with van der Waals surface area (Å²) in [6.45, 7) is 0.868. The van der Waals surface area contributed by atoms with E-state index in [4.69, 9.17) is 9.84 Å². The fourth-order valence-corrected chi connectivity index (χ4v) is 3.43. The van der Waals surface area contributed by atoms with E-state index in [-0.39, 0.29) is 0 Å². The molecule has 0 spiro atoms. The maximum atomic E-state index is 10.8. The maximum absolute atomic E-state index is 10.8. The van der Waals surface area contributed by atoms with E-state index in [9.17, 15) is 4.79 Å². The number of carboxylic acids is 1. The molecule has 1 aliphatic heterocycles.